The van der Waals surface area contributed by atoms with Crippen molar-refractivity contribution in [2.45, 2.75) is 43.3 Å². The molecule has 9 nitrogen and oxygen atoms in total. The number of ether oxygens (including phenoxy) is 2. The Labute approximate surface area is 234 Å². The van der Waals surface area contributed by atoms with E-state index in [0.29, 0.717) is 40.4 Å². The number of aromatic nitrogens is 3. The number of methoxy groups -OCH3 is 2. The van der Waals surface area contributed by atoms with Crippen LogP contribution in [0.15, 0.2) is 53.3 Å². The summed E-state index contributed by atoms with van der Waals surface area (Å²) in [6.45, 7) is 1.39. The molecule has 0 unspecified atom stereocenters. The van der Waals surface area contributed by atoms with Crippen molar-refractivity contribution in [2.24, 2.45) is 0 Å². The fourth-order valence-electron chi connectivity index (χ4n) is 4.79. The maximum absolute atomic E-state index is 13.8. The molecule has 2 aliphatic rings. The molecule has 2 fully saturated rings. The van der Waals surface area contributed by atoms with Gasteiger partial charge in [0.25, 0.3) is 5.56 Å². The van der Waals surface area contributed by atoms with E-state index in [-0.39, 0.29) is 29.6 Å². The number of benzene rings is 2. The smallest absolute Gasteiger partial charge is 0.281 e. The molecule has 0 radical (unpaired) electrons. The van der Waals surface area contributed by atoms with Gasteiger partial charge >= 0.3 is 0 Å². The summed E-state index contributed by atoms with van der Waals surface area (Å²) in [7, 11) is 3.17. The second kappa shape index (κ2) is 10.2. The van der Waals surface area contributed by atoms with Gasteiger partial charge in [-0.05, 0) is 37.0 Å². The van der Waals surface area contributed by atoms with Gasteiger partial charge in [-0.25, -0.2) is 9.97 Å². The maximum atomic E-state index is 13.8. The zero-order chi connectivity index (χ0) is 27.1. The van der Waals surface area contributed by atoms with E-state index in [9.17, 15) is 9.59 Å². The average molecular weight is 566 g/mol. The second-order valence-corrected chi connectivity index (χ2v) is 11.5. The Balaban J connectivity index is 1.30. The molecule has 202 valence electrons. The van der Waals surface area contributed by atoms with Gasteiger partial charge in [-0.1, -0.05) is 41.7 Å². The minimum absolute atomic E-state index is 0.0558. The van der Waals surface area contributed by atoms with Crippen LogP contribution in [-0.4, -0.2) is 47.2 Å². The molecule has 2 aromatic heterocycles. The van der Waals surface area contributed by atoms with E-state index in [0.717, 1.165) is 30.4 Å². The summed E-state index contributed by atoms with van der Waals surface area (Å²) in [4.78, 5) is 38.1. The summed E-state index contributed by atoms with van der Waals surface area (Å²) in [6.07, 6.45) is 2.21. The number of carbonyl (C=O) groups is 1. The summed E-state index contributed by atoms with van der Waals surface area (Å²) in [6, 6.07) is 15.0. The van der Waals surface area contributed by atoms with E-state index in [1.165, 1.54) is 11.3 Å². The first kappa shape index (κ1) is 25.6. The number of carbonyl (C=O) groups excluding carboxylic acids is 1. The van der Waals surface area contributed by atoms with Crippen LogP contribution in [0.5, 0.6) is 11.5 Å². The molecule has 1 atom stereocenters. The van der Waals surface area contributed by atoms with Crippen LogP contribution in [0.3, 0.4) is 0 Å². The lowest BCUT2D eigenvalue weighted by atomic mass is 10.0. The fourth-order valence-corrected chi connectivity index (χ4v) is 6.03. The number of nitrogens with one attached hydrogen (secondary N) is 1. The summed E-state index contributed by atoms with van der Waals surface area (Å²) in [5.41, 5.74) is 1.87. The lowest BCUT2D eigenvalue weighted by Crippen LogP contribution is -2.56. The molecular formula is C28H28ClN5O4S. The predicted octanol–water partition coefficient (Wildman–Crippen LogP) is 4.04. The van der Waals surface area contributed by atoms with E-state index >= 15 is 0 Å². The van der Waals surface area contributed by atoms with Crippen molar-refractivity contribution < 1.29 is 14.3 Å². The van der Waals surface area contributed by atoms with Crippen LogP contribution in [0, 0.1) is 0 Å². The van der Waals surface area contributed by atoms with Gasteiger partial charge in [0.2, 0.25) is 5.91 Å². The number of fused-ring (bicyclic) bond motifs is 1. The van der Waals surface area contributed by atoms with E-state index in [4.69, 9.17) is 26.1 Å². The lowest BCUT2D eigenvalue weighted by Gasteiger charge is -2.39. The van der Waals surface area contributed by atoms with Crippen LogP contribution in [0.4, 0.5) is 5.13 Å². The topological polar surface area (TPSA) is 98.6 Å². The van der Waals surface area contributed by atoms with Crippen LogP contribution >= 0.6 is 22.9 Å². The van der Waals surface area contributed by atoms with Gasteiger partial charge in [0.05, 0.1) is 20.8 Å². The Hall–Kier alpha value is -3.63. The van der Waals surface area contributed by atoms with Crippen molar-refractivity contribution >= 4 is 44.3 Å². The van der Waals surface area contributed by atoms with Gasteiger partial charge in [0.15, 0.2) is 15.5 Å². The number of hydrogen-bond donors (Lipinski definition) is 1. The number of anilines is 1. The third-order valence-electron chi connectivity index (χ3n) is 7.30. The van der Waals surface area contributed by atoms with Crippen molar-refractivity contribution in [1.29, 1.82) is 0 Å². The molecule has 1 aliphatic carbocycles. The summed E-state index contributed by atoms with van der Waals surface area (Å²) in [5, 5.41) is 3.63. The molecule has 4 aromatic rings. The van der Waals surface area contributed by atoms with E-state index in [1.54, 1.807) is 24.9 Å². The Kier molecular flexibility index (Phi) is 6.68. The van der Waals surface area contributed by atoms with Gasteiger partial charge in [-0.3, -0.25) is 14.2 Å². The van der Waals surface area contributed by atoms with Crippen LogP contribution in [-0.2, 0) is 22.8 Å². The molecule has 6 rings (SSSR count). The minimum atomic E-state index is -0.673. The highest BCUT2D eigenvalue weighted by Crippen LogP contribution is 2.51. The van der Waals surface area contributed by atoms with E-state index in [1.807, 2.05) is 47.4 Å². The third-order valence-corrected chi connectivity index (χ3v) is 8.83. The number of alkyl halides is 1. The number of hydrogen-bond acceptors (Lipinski definition) is 8. The number of rotatable bonds is 9. The van der Waals surface area contributed by atoms with Crippen LogP contribution in [0.25, 0.3) is 10.3 Å². The van der Waals surface area contributed by atoms with Gasteiger partial charge in [-0.15, -0.1) is 11.6 Å². The summed E-state index contributed by atoms with van der Waals surface area (Å²) < 4.78 is 12.5. The molecule has 1 saturated heterocycles. The van der Waals surface area contributed by atoms with Crippen molar-refractivity contribution in [1.82, 2.24) is 19.9 Å². The molecule has 2 aromatic carbocycles. The number of thiazole rings is 1. The number of amides is 1. The highest BCUT2D eigenvalue weighted by Gasteiger charge is 2.47. The Morgan fingerprint density at radius 2 is 1.95 bits per heavy atom. The van der Waals surface area contributed by atoms with Crippen LogP contribution < -0.4 is 25.2 Å². The van der Waals surface area contributed by atoms with Gasteiger partial charge in [0, 0.05) is 24.7 Å². The van der Waals surface area contributed by atoms with Crippen molar-refractivity contribution in [3.63, 3.8) is 0 Å². The second-order valence-electron chi connectivity index (χ2n) is 9.82. The molecule has 3 heterocycles. The quantitative estimate of drug-likeness (QED) is 0.306. The Morgan fingerprint density at radius 1 is 1.15 bits per heavy atom. The molecule has 0 spiro atoms. The molecule has 1 amide bonds. The normalized spacial score (nSPS) is 17.5. The molecule has 0 bridgehead atoms. The molecule has 1 aliphatic heterocycles. The zero-order valence-corrected chi connectivity index (χ0v) is 23.2. The van der Waals surface area contributed by atoms with E-state index in [2.05, 4.69) is 10.3 Å². The molecule has 11 heteroatoms. The van der Waals surface area contributed by atoms with Crippen molar-refractivity contribution in [3.8, 4) is 11.5 Å². The van der Waals surface area contributed by atoms with Gasteiger partial charge < -0.3 is 19.7 Å². The number of nitrogens with zero attached hydrogens (tertiary/aromatic N) is 4. The van der Waals surface area contributed by atoms with E-state index < -0.39 is 4.87 Å². The average Bonchev–Trinajstić information content (AvgIpc) is 3.54. The SMILES string of the molecule is COc1ccc(Cn2c(C3(Cl)CC3)nc3sc(N4CC[C@@H]4C(=O)NCc4ccccc4)nc3c2=O)c(OC)c1. The van der Waals surface area contributed by atoms with Crippen LogP contribution in [0.2, 0.25) is 0 Å². The largest absolute Gasteiger partial charge is 0.497 e. The standard InChI is InChI=1S/C28H28ClN5O4S/c1-37-19-9-8-18(21(14-19)38-2)16-34-25(36)22-24(32-26(34)28(29)11-12-28)39-27(31-22)33-13-10-20(33)23(35)30-15-17-6-4-3-5-7-17/h3-9,14,20H,10-13,15-16H2,1-2H3,(H,30,35)/t20-/m1/s1. The highest BCUT2D eigenvalue weighted by molar-refractivity contribution is 7.21. The summed E-state index contributed by atoms with van der Waals surface area (Å²) >= 11 is 8.17. The fraction of sp³-hybridized carbons (Fsp3) is 0.357. The molecule has 39 heavy (non-hydrogen) atoms. The third kappa shape index (κ3) is 4.83. The first-order chi connectivity index (χ1) is 18.9. The lowest BCUT2D eigenvalue weighted by molar-refractivity contribution is -0.123. The molecule has 1 saturated carbocycles. The van der Waals surface area contributed by atoms with Crippen molar-refractivity contribution in [2.75, 3.05) is 25.7 Å². The highest BCUT2D eigenvalue weighted by atomic mass is 35.5. The zero-order valence-electron chi connectivity index (χ0n) is 21.6. The first-order valence-corrected chi connectivity index (χ1v) is 14.0. The van der Waals surface area contributed by atoms with Crippen molar-refractivity contribution in [3.05, 3.63) is 75.8 Å². The first-order valence-electron chi connectivity index (χ1n) is 12.8. The molecule has 1 N–H and O–H groups in total. The maximum Gasteiger partial charge on any atom is 0.281 e. The summed E-state index contributed by atoms with van der Waals surface area (Å²) in [5.74, 6) is 1.75. The predicted molar refractivity (Wildman–Crippen MR) is 151 cm³/mol. The Bertz CT molecular complexity index is 1600. The van der Waals surface area contributed by atoms with Gasteiger partial charge in [-0.2, -0.15) is 0 Å². The van der Waals surface area contributed by atoms with Crippen LogP contribution in [0.1, 0.15) is 36.2 Å². The van der Waals surface area contributed by atoms with Gasteiger partial charge in [0.1, 0.15) is 28.2 Å². The monoisotopic (exact) mass is 565 g/mol. The number of halogens is 1. The molecular weight excluding hydrogens is 538 g/mol. The minimum Gasteiger partial charge on any atom is -0.497 e. The Morgan fingerprint density at radius 3 is 2.62 bits per heavy atom.